The van der Waals surface area contributed by atoms with Gasteiger partial charge >= 0.3 is 0 Å². The van der Waals surface area contributed by atoms with E-state index in [2.05, 4.69) is 0 Å². The minimum atomic E-state index is -3.17. The van der Waals surface area contributed by atoms with Gasteiger partial charge < -0.3 is 9.64 Å². The van der Waals surface area contributed by atoms with Crippen LogP contribution in [-0.4, -0.2) is 43.9 Å². The zero-order valence-corrected chi connectivity index (χ0v) is 15.2. The summed E-state index contributed by atoms with van der Waals surface area (Å²) in [6, 6.07) is 12.3. The first kappa shape index (κ1) is 18.4. The van der Waals surface area contributed by atoms with Gasteiger partial charge in [0.05, 0.1) is 24.2 Å². The Morgan fingerprint density at radius 3 is 2.65 bits per heavy atom. The van der Waals surface area contributed by atoms with Gasteiger partial charge in [0, 0.05) is 12.6 Å². The highest BCUT2D eigenvalue weighted by Gasteiger charge is 2.35. The first-order valence-corrected chi connectivity index (χ1v) is 10.1. The quantitative estimate of drug-likeness (QED) is 0.804. The lowest BCUT2D eigenvalue weighted by Gasteiger charge is -2.29. The third-order valence-electron chi connectivity index (χ3n) is 4.49. The molecule has 26 heavy (non-hydrogen) atoms. The van der Waals surface area contributed by atoms with Gasteiger partial charge in [-0.05, 0) is 36.2 Å². The molecule has 2 aromatic rings. The van der Waals surface area contributed by atoms with Gasteiger partial charge in [-0.1, -0.05) is 24.3 Å². The maximum atomic E-state index is 13.5. The Morgan fingerprint density at radius 1 is 1.23 bits per heavy atom. The molecular weight excluding hydrogens is 357 g/mol. The Bertz CT molecular complexity index is 913. The lowest BCUT2D eigenvalue weighted by Crippen LogP contribution is -2.40. The van der Waals surface area contributed by atoms with Crippen LogP contribution in [0.3, 0.4) is 0 Å². The number of halogens is 1. The lowest BCUT2D eigenvalue weighted by atomic mass is 10.1. The fraction of sp³-hybridized carbons (Fsp3) is 0.316. The van der Waals surface area contributed by atoms with Crippen molar-refractivity contribution >= 4 is 15.7 Å². The number of nitrogens with zero attached hydrogens (tertiary/aromatic N) is 1. The molecule has 1 atom stereocenters. The molecule has 5 nitrogen and oxygen atoms in total. The average Bonchev–Trinajstić information content (AvgIpc) is 2.98. The van der Waals surface area contributed by atoms with E-state index in [1.165, 1.54) is 24.1 Å². The molecule has 1 saturated heterocycles. The van der Waals surface area contributed by atoms with Crippen LogP contribution in [0, 0.1) is 5.82 Å². The van der Waals surface area contributed by atoms with E-state index < -0.39 is 21.7 Å². The van der Waals surface area contributed by atoms with Crippen LogP contribution >= 0.6 is 0 Å². The van der Waals surface area contributed by atoms with Crippen molar-refractivity contribution in [2.75, 3.05) is 18.6 Å². The largest absolute Gasteiger partial charge is 0.496 e. The molecule has 1 aliphatic heterocycles. The second-order valence-electron chi connectivity index (χ2n) is 6.32. The Labute approximate surface area is 152 Å². The molecule has 3 rings (SSSR count). The van der Waals surface area contributed by atoms with E-state index in [1.54, 1.807) is 36.4 Å². The van der Waals surface area contributed by atoms with Gasteiger partial charge in [0.1, 0.15) is 11.6 Å². The lowest BCUT2D eigenvalue weighted by molar-refractivity contribution is 0.0677. The third kappa shape index (κ3) is 4.04. The van der Waals surface area contributed by atoms with Gasteiger partial charge in [-0.3, -0.25) is 4.79 Å². The SMILES string of the molecule is COc1ccccc1C(=O)N(Cc1cccc(F)c1)[C@@H]1CCS(=O)(=O)C1. The molecule has 0 spiro atoms. The van der Waals surface area contributed by atoms with E-state index in [4.69, 9.17) is 4.74 Å². The Morgan fingerprint density at radius 2 is 2.00 bits per heavy atom. The van der Waals surface area contributed by atoms with Gasteiger partial charge in [0.2, 0.25) is 0 Å². The molecule has 1 amide bonds. The van der Waals surface area contributed by atoms with Crippen molar-refractivity contribution < 1.29 is 22.3 Å². The first-order valence-electron chi connectivity index (χ1n) is 8.28. The number of hydrogen-bond donors (Lipinski definition) is 0. The normalized spacial score (nSPS) is 18.5. The summed E-state index contributed by atoms with van der Waals surface area (Å²) in [6.45, 7) is 0.134. The highest BCUT2D eigenvalue weighted by atomic mass is 32.2. The minimum Gasteiger partial charge on any atom is -0.496 e. The monoisotopic (exact) mass is 377 g/mol. The van der Waals surface area contributed by atoms with Crippen molar-refractivity contribution in [3.8, 4) is 5.75 Å². The molecule has 0 aliphatic carbocycles. The Kier molecular flexibility index (Phi) is 5.27. The number of rotatable bonds is 5. The second kappa shape index (κ2) is 7.45. The highest BCUT2D eigenvalue weighted by molar-refractivity contribution is 7.91. The van der Waals surface area contributed by atoms with Crippen LogP contribution in [0.25, 0.3) is 0 Å². The summed E-state index contributed by atoms with van der Waals surface area (Å²) in [5.74, 6) is -0.331. The smallest absolute Gasteiger partial charge is 0.258 e. The first-order chi connectivity index (χ1) is 12.4. The fourth-order valence-corrected chi connectivity index (χ4v) is 4.93. The fourth-order valence-electron chi connectivity index (χ4n) is 3.20. The Balaban J connectivity index is 1.95. The van der Waals surface area contributed by atoms with Crippen molar-refractivity contribution in [1.82, 2.24) is 4.90 Å². The molecule has 1 aliphatic rings. The molecule has 0 aromatic heterocycles. The summed E-state index contributed by atoms with van der Waals surface area (Å²) in [7, 11) is -1.70. The molecule has 0 radical (unpaired) electrons. The number of amides is 1. The summed E-state index contributed by atoms with van der Waals surface area (Å²) in [5, 5.41) is 0. The number of carbonyl (C=O) groups is 1. The van der Waals surface area contributed by atoms with E-state index >= 15 is 0 Å². The molecule has 0 unspecified atom stereocenters. The number of para-hydroxylation sites is 1. The summed E-state index contributed by atoms with van der Waals surface area (Å²) in [5.41, 5.74) is 0.966. The molecule has 0 bridgehead atoms. The van der Waals surface area contributed by atoms with Crippen LogP contribution in [0.5, 0.6) is 5.75 Å². The third-order valence-corrected chi connectivity index (χ3v) is 6.24. The van der Waals surface area contributed by atoms with Crippen molar-refractivity contribution in [3.63, 3.8) is 0 Å². The van der Waals surface area contributed by atoms with E-state index in [0.717, 1.165) is 0 Å². The zero-order chi connectivity index (χ0) is 18.7. The standard InChI is InChI=1S/C19H20FNO4S/c1-25-18-8-3-2-7-17(18)19(22)21(16-9-10-26(23,24)13-16)12-14-5-4-6-15(20)11-14/h2-8,11,16H,9-10,12-13H2,1H3/t16-/m1/s1. The van der Waals surface area contributed by atoms with Crippen LogP contribution in [-0.2, 0) is 16.4 Å². The number of hydrogen-bond acceptors (Lipinski definition) is 4. The molecular formula is C19H20FNO4S. The highest BCUT2D eigenvalue weighted by Crippen LogP contribution is 2.26. The number of ether oxygens (including phenoxy) is 1. The topological polar surface area (TPSA) is 63.7 Å². The number of methoxy groups -OCH3 is 1. The summed E-state index contributed by atoms with van der Waals surface area (Å²) >= 11 is 0. The van der Waals surface area contributed by atoms with E-state index in [0.29, 0.717) is 23.3 Å². The maximum absolute atomic E-state index is 13.5. The second-order valence-corrected chi connectivity index (χ2v) is 8.55. The van der Waals surface area contributed by atoms with Crippen molar-refractivity contribution in [2.45, 2.75) is 19.0 Å². The number of benzene rings is 2. The van der Waals surface area contributed by atoms with Crippen molar-refractivity contribution in [1.29, 1.82) is 0 Å². The molecule has 0 saturated carbocycles. The van der Waals surface area contributed by atoms with Crippen LogP contribution in [0.4, 0.5) is 4.39 Å². The van der Waals surface area contributed by atoms with Gasteiger partial charge in [0.25, 0.3) is 5.91 Å². The average molecular weight is 377 g/mol. The summed E-state index contributed by atoms with van der Waals surface area (Å²) < 4.78 is 42.6. The summed E-state index contributed by atoms with van der Waals surface area (Å²) in [4.78, 5) is 14.7. The van der Waals surface area contributed by atoms with E-state index in [9.17, 15) is 17.6 Å². The molecule has 2 aromatic carbocycles. The molecule has 1 fully saturated rings. The van der Waals surface area contributed by atoms with Gasteiger partial charge in [-0.2, -0.15) is 0 Å². The molecule has 138 valence electrons. The van der Waals surface area contributed by atoms with Gasteiger partial charge in [-0.15, -0.1) is 0 Å². The van der Waals surface area contributed by atoms with Crippen molar-refractivity contribution in [3.05, 3.63) is 65.5 Å². The predicted molar refractivity (Wildman–Crippen MR) is 96.3 cm³/mol. The number of sulfone groups is 1. The summed E-state index contributed by atoms with van der Waals surface area (Å²) in [6.07, 6.45) is 0.374. The van der Waals surface area contributed by atoms with Crippen LogP contribution in [0.1, 0.15) is 22.3 Å². The zero-order valence-electron chi connectivity index (χ0n) is 14.4. The van der Waals surface area contributed by atoms with E-state index in [1.807, 2.05) is 0 Å². The Hall–Kier alpha value is -2.41. The van der Waals surface area contributed by atoms with Gasteiger partial charge in [0.15, 0.2) is 9.84 Å². The predicted octanol–water partition coefficient (Wildman–Crippen LogP) is 2.66. The van der Waals surface area contributed by atoms with Gasteiger partial charge in [-0.25, -0.2) is 12.8 Å². The van der Waals surface area contributed by atoms with E-state index in [-0.39, 0.29) is 24.0 Å². The van der Waals surface area contributed by atoms with Crippen LogP contribution in [0.15, 0.2) is 48.5 Å². The van der Waals surface area contributed by atoms with Crippen molar-refractivity contribution in [2.24, 2.45) is 0 Å². The molecule has 7 heteroatoms. The molecule has 0 N–H and O–H groups in total. The molecule has 1 heterocycles. The van der Waals surface area contributed by atoms with Crippen LogP contribution in [0.2, 0.25) is 0 Å². The maximum Gasteiger partial charge on any atom is 0.258 e. The minimum absolute atomic E-state index is 0.0521. The number of carbonyl (C=O) groups excluding carboxylic acids is 1. The van der Waals surface area contributed by atoms with Crippen LogP contribution < -0.4 is 4.74 Å².